The number of nitrogens with zero attached hydrogens (tertiary/aromatic N) is 3. The van der Waals surface area contributed by atoms with E-state index in [2.05, 4.69) is 15.5 Å². The average Bonchev–Trinajstić information content (AvgIpc) is 2.91. The molecule has 0 atom stereocenters. The number of hydrogen-bond donors (Lipinski definition) is 1. The number of alkyl halides is 3. The molecule has 0 saturated heterocycles. The molecule has 0 spiro atoms. The van der Waals surface area contributed by atoms with Crippen molar-refractivity contribution in [1.82, 2.24) is 20.1 Å². The highest BCUT2D eigenvalue weighted by Crippen LogP contribution is 2.31. The summed E-state index contributed by atoms with van der Waals surface area (Å²) in [6.07, 6.45) is -1.95. The number of nitrogens with one attached hydrogen (secondary N) is 1. The molecular formula is C14H16ClF3N4. The van der Waals surface area contributed by atoms with Crippen LogP contribution in [0.1, 0.15) is 23.9 Å². The minimum absolute atomic E-state index is 0.270. The van der Waals surface area contributed by atoms with E-state index in [9.17, 15) is 13.2 Å². The molecule has 0 fully saturated rings. The zero-order valence-electron chi connectivity index (χ0n) is 12.0. The Morgan fingerprint density at radius 1 is 1.32 bits per heavy atom. The lowest BCUT2D eigenvalue weighted by Gasteiger charge is -2.12. The Morgan fingerprint density at radius 2 is 2.09 bits per heavy atom. The molecule has 0 bridgehead atoms. The topological polar surface area (TPSA) is 42.7 Å². The standard InChI is InChI=1S/C14H16ClF3N4/c1-2-13-21-20-9-22(13)6-5-19-8-10-7-11(14(16,17)18)3-4-12(10)15/h3-4,7,9,19H,2,5-6,8H2,1H3. The zero-order valence-corrected chi connectivity index (χ0v) is 12.7. The van der Waals surface area contributed by atoms with Crippen LogP contribution in [0.25, 0.3) is 0 Å². The summed E-state index contributed by atoms with van der Waals surface area (Å²) in [7, 11) is 0. The maximum absolute atomic E-state index is 12.7. The zero-order chi connectivity index (χ0) is 16.2. The van der Waals surface area contributed by atoms with Crippen LogP contribution in [-0.2, 0) is 25.7 Å². The Kier molecular flexibility index (Phi) is 5.42. The van der Waals surface area contributed by atoms with E-state index in [0.717, 1.165) is 24.4 Å². The van der Waals surface area contributed by atoms with Crippen LogP contribution in [-0.4, -0.2) is 21.3 Å². The van der Waals surface area contributed by atoms with Crippen LogP contribution in [0.2, 0.25) is 5.02 Å². The molecule has 1 N–H and O–H groups in total. The van der Waals surface area contributed by atoms with Gasteiger partial charge >= 0.3 is 6.18 Å². The van der Waals surface area contributed by atoms with E-state index in [4.69, 9.17) is 11.6 Å². The Hall–Kier alpha value is -1.60. The van der Waals surface area contributed by atoms with Crippen LogP contribution >= 0.6 is 11.6 Å². The first-order valence-corrected chi connectivity index (χ1v) is 7.22. The van der Waals surface area contributed by atoms with Crippen LogP contribution < -0.4 is 5.32 Å². The maximum Gasteiger partial charge on any atom is 0.416 e. The summed E-state index contributed by atoms with van der Waals surface area (Å²) in [6.45, 7) is 3.48. The van der Waals surface area contributed by atoms with Gasteiger partial charge < -0.3 is 9.88 Å². The first kappa shape index (κ1) is 16.8. The number of rotatable bonds is 6. The third-order valence-electron chi connectivity index (χ3n) is 3.23. The second kappa shape index (κ2) is 7.11. The molecule has 0 aliphatic heterocycles. The van der Waals surface area contributed by atoms with Gasteiger partial charge in [-0.15, -0.1) is 10.2 Å². The lowest BCUT2D eigenvalue weighted by atomic mass is 10.1. The van der Waals surface area contributed by atoms with Gasteiger partial charge in [0.25, 0.3) is 0 Å². The minimum atomic E-state index is -4.36. The molecule has 120 valence electrons. The molecule has 0 radical (unpaired) electrons. The molecule has 0 saturated carbocycles. The van der Waals surface area contributed by atoms with Gasteiger partial charge in [-0.25, -0.2) is 0 Å². The number of hydrogen-bond acceptors (Lipinski definition) is 3. The van der Waals surface area contributed by atoms with Crippen molar-refractivity contribution in [3.05, 3.63) is 46.5 Å². The number of halogens is 4. The fraction of sp³-hybridized carbons (Fsp3) is 0.429. The van der Waals surface area contributed by atoms with E-state index in [0.29, 0.717) is 23.7 Å². The van der Waals surface area contributed by atoms with Crippen molar-refractivity contribution in [3.8, 4) is 0 Å². The number of benzene rings is 1. The van der Waals surface area contributed by atoms with Crippen LogP contribution in [0.3, 0.4) is 0 Å². The first-order valence-electron chi connectivity index (χ1n) is 6.85. The molecule has 1 aromatic carbocycles. The van der Waals surface area contributed by atoms with Gasteiger partial charge in [-0.3, -0.25) is 0 Å². The van der Waals surface area contributed by atoms with Crippen molar-refractivity contribution >= 4 is 11.6 Å². The Labute approximate surface area is 131 Å². The predicted octanol–water partition coefficient (Wildman–Crippen LogP) is 3.30. The van der Waals surface area contributed by atoms with Gasteiger partial charge in [-0.05, 0) is 23.8 Å². The lowest BCUT2D eigenvalue weighted by molar-refractivity contribution is -0.137. The molecular weight excluding hydrogens is 317 g/mol. The van der Waals surface area contributed by atoms with Gasteiger partial charge in [0, 0.05) is 31.1 Å². The molecule has 2 aromatic rings. The highest BCUT2D eigenvalue weighted by Gasteiger charge is 2.30. The number of aromatic nitrogens is 3. The fourth-order valence-corrected chi connectivity index (χ4v) is 2.23. The summed E-state index contributed by atoms with van der Waals surface area (Å²) in [5.41, 5.74) is -0.267. The van der Waals surface area contributed by atoms with E-state index in [1.165, 1.54) is 6.07 Å². The molecule has 0 amide bonds. The Balaban J connectivity index is 1.92. The van der Waals surface area contributed by atoms with E-state index in [1.54, 1.807) is 6.33 Å². The molecule has 0 aliphatic carbocycles. The SMILES string of the molecule is CCc1nncn1CCNCc1cc(C(F)(F)F)ccc1Cl. The Morgan fingerprint density at radius 3 is 2.77 bits per heavy atom. The van der Waals surface area contributed by atoms with E-state index in [-0.39, 0.29) is 6.54 Å². The van der Waals surface area contributed by atoms with Gasteiger partial charge in [0.1, 0.15) is 12.2 Å². The van der Waals surface area contributed by atoms with Crippen LogP contribution in [0.5, 0.6) is 0 Å². The highest BCUT2D eigenvalue weighted by molar-refractivity contribution is 6.31. The largest absolute Gasteiger partial charge is 0.416 e. The summed E-state index contributed by atoms with van der Waals surface area (Å²) < 4.78 is 39.9. The van der Waals surface area contributed by atoms with Crippen molar-refractivity contribution in [2.75, 3.05) is 6.54 Å². The molecule has 1 aromatic heterocycles. The van der Waals surface area contributed by atoms with Gasteiger partial charge in [0.05, 0.1) is 5.56 Å². The van der Waals surface area contributed by atoms with Gasteiger partial charge in [-0.2, -0.15) is 13.2 Å². The van der Waals surface area contributed by atoms with E-state index in [1.807, 2.05) is 11.5 Å². The van der Waals surface area contributed by atoms with E-state index < -0.39 is 11.7 Å². The third-order valence-corrected chi connectivity index (χ3v) is 3.60. The summed E-state index contributed by atoms with van der Waals surface area (Å²) >= 11 is 5.94. The van der Waals surface area contributed by atoms with Crippen molar-refractivity contribution in [3.63, 3.8) is 0 Å². The molecule has 1 heterocycles. The van der Waals surface area contributed by atoms with Crippen molar-refractivity contribution in [2.45, 2.75) is 32.6 Å². The van der Waals surface area contributed by atoms with Gasteiger partial charge in [-0.1, -0.05) is 18.5 Å². The number of aryl methyl sites for hydroxylation is 1. The van der Waals surface area contributed by atoms with Crippen molar-refractivity contribution in [1.29, 1.82) is 0 Å². The molecule has 0 aliphatic rings. The van der Waals surface area contributed by atoms with Crippen molar-refractivity contribution < 1.29 is 13.2 Å². The smallest absolute Gasteiger partial charge is 0.316 e. The molecule has 22 heavy (non-hydrogen) atoms. The van der Waals surface area contributed by atoms with Crippen molar-refractivity contribution in [2.24, 2.45) is 0 Å². The minimum Gasteiger partial charge on any atom is -0.316 e. The summed E-state index contributed by atoms with van der Waals surface area (Å²) in [5, 5.41) is 11.2. The molecule has 2 rings (SSSR count). The van der Waals surface area contributed by atoms with Crippen LogP contribution in [0.4, 0.5) is 13.2 Å². The second-order valence-corrected chi connectivity index (χ2v) is 5.18. The van der Waals surface area contributed by atoms with Gasteiger partial charge in [0.15, 0.2) is 0 Å². The van der Waals surface area contributed by atoms with Crippen LogP contribution in [0.15, 0.2) is 24.5 Å². The summed E-state index contributed by atoms with van der Waals surface area (Å²) in [6, 6.07) is 3.33. The predicted molar refractivity (Wildman–Crippen MR) is 77.6 cm³/mol. The average molecular weight is 333 g/mol. The summed E-state index contributed by atoms with van der Waals surface area (Å²) in [4.78, 5) is 0. The van der Waals surface area contributed by atoms with Gasteiger partial charge in [0.2, 0.25) is 0 Å². The molecule has 4 nitrogen and oxygen atoms in total. The summed E-state index contributed by atoms with van der Waals surface area (Å²) in [5.74, 6) is 0.874. The monoisotopic (exact) mass is 332 g/mol. The van der Waals surface area contributed by atoms with E-state index >= 15 is 0 Å². The second-order valence-electron chi connectivity index (χ2n) is 4.77. The Bertz CT molecular complexity index is 625. The highest BCUT2D eigenvalue weighted by atomic mass is 35.5. The normalized spacial score (nSPS) is 11.9. The molecule has 0 unspecified atom stereocenters. The molecule has 8 heteroatoms. The fourth-order valence-electron chi connectivity index (χ4n) is 2.05. The quantitative estimate of drug-likeness (QED) is 0.825. The third kappa shape index (κ3) is 4.20. The lowest BCUT2D eigenvalue weighted by Crippen LogP contribution is -2.20. The first-order chi connectivity index (χ1) is 10.4. The maximum atomic E-state index is 12.7. The van der Waals surface area contributed by atoms with Crippen LogP contribution in [0, 0.1) is 0 Å².